The summed E-state index contributed by atoms with van der Waals surface area (Å²) in [6.45, 7) is 0. The fourth-order valence-corrected chi connectivity index (χ4v) is 2.40. The molecule has 4 rings (SSSR count). The smallest absolute Gasteiger partial charge is 0.184 e. The summed E-state index contributed by atoms with van der Waals surface area (Å²) < 4.78 is 0. The molecule has 2 heteroatoms. The number of H-pyrrole nitrogens is 1. The number of aromatic amines is 1. The van der Waals surface area contributed by atoms with Crippen LogP contribution in [0.1, 0.15) is 0 Å². The Labute approximate surface area is 97.6 Å². The number of nitrogens with zero attached hydrogens (tertiary/aromatic N) is 1. The molecule has 0 saturated carbocycles. The summed E-state index contributed by atoms with van der Waals surface area (Å²) in [6.07, 6.45) is 11.1. The van der Waals surface area contributed by atoms with E-state index in [1.807, 2.05) is 30.5 Å². The monoisotopic (exact) mass is 217 g/mol. The Bertz CT molecular complexity index is 882. The van der Waals surface area contributed by atoms with E-state index in [0.29, 0.717) is 0 Å². The van der Waals surface area contributed by atoms with Crippen molar-refractivity contribution in [3.8, 4) is 0 Å². The fraction of sp³-hybridized carbons (Fsp3) is 0. The maximum atomic E-state index is 4.44. The molecule has 0 saturated heterocycles. The van der Waals surface area contributed by atoms with Crippen LogP contribution in [0.5, 0.6) is 0 Å². The Morgan fingerprint density at radius 1 is 1.12 bits per heavy atom. The predicted octanol–water partition coefficient (Wildman–Crippen LogP) is 1.72. The average molecular weight is 217 g/mol. The molecule has 1 aliphatic rings. The zero-order valence-electron chi connectivity index (χ0n) is 9.07. The van der Waals surface area contributed by atoms with Gasteiger partial charge in [-0.1, -0.05) is 12.1 Å². The summed E-state index contributed by atoms with van der Waals surface area (Å²) in [5.74, 6) is 0. The number of aromatic nitrogens is 2. The first-order valence-corrected chi connectivity index (χ1v) is 5.59. The third-order valence-electron chi connectivity index (χ3n) is 3.15. The summed E-state index contributed by atoms with van der Waals surface area (Å²) in [7, 11) is 0. The molecule has 0 spiro atoms. The summed E-state index contributed by atoms with van der Waals surface area (Å²) in [6, 6.07) is 8.32. The SMILES string of the molecule is [C+]1=c2c(ncc3[nH]c4ccccc4c23)=CC=C1. The van der Waals surface area contributed by atoms with Gasteiger partial charge in [0.25, 0.3) is 0 Å². The zero-order chi connectivity index (χ0) is 11.2. The Morgan fingerprint density at radius 2 is 2.06 bits per heavy atom. The Balaban J connectivity index is 2.40. The molecule has 1 N–H and O–H groups in total. The van der Waals surface area contributed by atoms with Crippen molar-refractivity contribution in [3.05, 3.63) is 53.2 Å². The molecule has 2 aromatic heterocycles. The zero-order valence-corrected chi connectivity index (χ0v) is 9.07. The largest absolute Gasteiger partial charge is 0.344 e. The normalized spacial score (nSPS) is 12.9. The molecule has 17 heavy (non-hydrogen) atoms. The third-order valence-corrected chi connectivity index (χ3v) is 3.15. The number of hydrogen-bond acceptors (Lipinski definition) is 1. The molecule has 0 amide bonds. The van der Waals surface area contributed by atoms with Gasteiger partial charge >= 0.3 is 0 Å². The molecule has 78 valence electrons. The van der Waals surface area contributed by atoms with Gasteiger partial charge in [0.15, 0.2) is 10.6 Å². The van der Waals surface area contributed by atoms with E-state index in [0.717, 1.165) is 21.6 Å². The van der Waals surface area contributed by atoms with Gasteiger partial charge in [0, 0.05) is 18.2 Å². The lowest BCUT2D eigenvalue weighted by Crippen LogP contribution is -2.29. The minimum atomic E-state index is 0.991. The number of hydrogen-bond donors (Lipinski definition) is 1. The highest BCUT2D eigenvalue weighted by Gasteiger charge is 2.12. The van der Waals surface area contributed by atoms with E-state index < -0.39 is 0 Å². The Hall–Kier alpha value is -2.44. The number of allylic oxidation sites excluding steroid dienone is 2. The highest BCUT2D eigenvalue weighted by atomic mass is 14.7. The highest BCUT2D eigenvalue weighted by Crippen LogP contribution is 2.20. The van der Waals surface area contributed by atoms with Gasteiger partial charge in [-0.2, -0.15) is 0 Å². The van der Waals surface area contributed by atoms with E-state index in [1.165, 1.54) is 10.8 Å². The van der Waals surface area contributed by atoms with Crippen LogP contribution in [0.25, 0.3) is 34.0 Å². The van der Waals surface area contributed by atoms with Crippen LogP contribution in [0.3, 0.4) is 0 Å². The second-order valence-corrected chi connectivity index (χ2v) is 4.15. The van der Waals surface area contributed by atoms with Crippen molar-refractivity contribution in [1.29, 1.82) is 0 Å². The molecule has 0 fully saturated rings. The first-order valence-electron chi connectivity index (χ1n) is 5.59. The molecule has 0 radical (unpaired) electrons. The summed E-state index contributed by atoms with van der Waals surface area (Å²) in [5.41, 5.74) is 2.22. The summed E-state index contributed by atoms with van der Waals surface area (Å²) in [4.78, 5) is 7.83. The van der Waals surface area contributed by atoms with Crippen molar-refractivity contribution in [2.75, 3.05) is 0 Å². The van der Waals surface area contributed by atoms with Gasteiger partial charge < -0.3 is 4.98 Å². The number of pyridine rings is 1. The van der Waals surface area contributed by atoms with E-state index in [2.05, 4.69) is 34.2 Å². The van der Waals surface area contributed by atoms with Crippen molar-refractivity contribution in [3.63, 3.8) is 0 Å². The van der Waals surface area contributed by atoms with Crippen molar-refractivity contribution in [2.45, 2.75) is 0 Å². The number of nitrogens with one attached hydrogen (secondary N) is 1. The topological polar surface area (TPSA) is 28.7 Å². The van der Waals surface area contributed by atoms with Crippen LogP contribution in [-0.4, -0.2) is 9.97 Å². The average Bonchev–Trinajstić information content (AvgIpc) is 2.77. The van der Waals surface area contributed by atoms with Crippen LogP contribution in [0.2, 0.25) is 0 Å². The van der Waals surface area contributed by atoms with Gasteiger partial charge in [-0.25, -0.2) is 4.98 Å². The van der Waals surface area contributed by atoms with Gasteiger partial charge in [-0.15, -0.1) is 0 Å². The second-order valence-electron chi connectivity index (χ2n) is 4.15. The van der Waals surface area contributed by atoms with Crippen molar-refractivity contribution in [2.24, 2.45) is 0 Å². The quantitative estimate of drug-likeness (QED) is 0.571. The molecular formula is C15H9N2+. The van der Waals surface area contributed by atoms with Gasteiger partial charge in [0.2, 0.25) is 0 Å². The highest BCUT2D eigenvalue weighted by molar-refractivity contribution is 6.07. The number of para-hydroxylation sites is 1. The van der Waals surface area contributed by atoms with Crippen molar-refractivity contribution in [1.82, 2.24) is 9.97 Å². The molecule has 2 nitrogen and oxygen atoms in total. The number of rotatable bonds is 0. The summed E-state index contributed by atoms with van der Waals surface area (Å²) >= 11 is 0. The number of fused-ring (bicyclic) bond motifs is 5. The van der Waals surface area contributed by atoms with Crippen LogP contribution in [0, 0.1) is 0 Å². The Kier molecular flexibility index (Phi) is 1.55. The molecule has 0 bridgehead atoms. The van der Waals surface area contributed by atoms with Crippen molar-refractivity contribution >= 4 is 34.0 Å². The molecule has 1 aliphatic carbocycles. The molecule has 1 aromatic carbocycles. The lowest BCUT2D eigenvalue weighted by molar-refractivity contribution is 1.24. The lowest BCUT2D eigenvalue weighted by atomic mass is 10.1. The molecule has 0 atom stereocenters. The fourth-order valence-electron chi connectivity index (χ4n) is 2.40. The first-order chi connectivity index (χ1) is 8.43. The minimum absolute atomic E-state index is 0.991. The first kappa shape index (κ1) is 8.68. The van der Waals surface area contributed by atoms with Gasteiger partial charge in [-0.3, -0.25) is 0 Å². The van der Waals surface area contributed by atoms with E-state index in [1.54, 1.807) is 0 Å². The van der Waals surface area contributed by atoms with Crippen LogP contribution in [0.4, 0.5) is 0 Å². The second kappa shape index (κ2) is 3.03. The molecule has 0 aliphatic heterocycles. The minimum Gasteiger partial charge on any atom is -0.344 e. The molecule has 2 heterocycles. The number of benzene rings is 1. The maximum absolute atomic E-state index is 4.44. The summed E-state index contributed by atoms with van der Waals surface area (Å²) in [5, 5.41) is 4.52. The van der Waals surface area contributed by atoms with Gasteiger partial charge in [-0.05, 0) is 12.1 Å². The van der Waals surface area contributed by atoms with E-state index in [9.17, 15) is 0 Å². The third kappa shape index (κ3) is 1.10. The van der Waals surface area contributed by atoms with Crippen LogP contribution in [-0.2, 0) is 0 Å². The van der Waals surface area contributed by atoms with E-state index in [-0.39, 0.29) is 0 Å². The predicted molar refractivity (Wildman–Crippen MR) is 69.9 cm³/mol. The Morgan fingerprint density at radius 3 is 3.06 bits per heavy atom. The standard InChI is InChI=1S/C15H9N2/c1-3-7-12-10(5-1)15-11-6-2-4-8-13(11)17-14(15)9-16-12/h1-4,6-9,17H/q+1. The van der Waals surface area contributed by atoms with E-state index >= 15 is 0 Å². The van der Waals surface area contributed by atoms with E-state index in [4.69, 9.17) is 0 Å². The maximum Gasteiger partial charge on any atom is 0.184 e. The van der Waals surface area contributed by atoms with Crippen LogP contribution >= 0.6 is 0 Å². The van der Waals surface area contributed by atoms with Crippen LogP contribution < -0.4 is 10.6 Å². The molecule has 3 aromatic rings. The van der Waals surface area contributed by atoms with Crippen LogP contribution in [0.15, 0.2) is 42.6 Å². The molecular weight excluding hydrogens is 208 g/mol. The van der Waals surface area contributed by atoms with Gasteiger partial charge in [0.05, 0.1) is 23.2 Å². The lowest BCUT2D eigenvalue weighted by Gasteiger charge is -1.88. The van der Waals surface area contributed by atoms with Gasteiger partial charge in [0.1, 0.15) is 10.9 Å². The molecule has 0 unspecified atom stereocenters. The van der Waals surface area contributed by atoms with Crippen molar-refractivity contribution < 1.29 is 0 Å².